The minimum Gasteiger partial charge on any atom is -0.497 e. The van der Waals surface area contributed by atoms with E-state index in [0.717, 1.165) is 41.8 Å². The van der Waals surface area contributed by atoms with E-state index in [-0.39, 0.29) is 22.8 Å². The fourth-order valence-electron chi connectivity index (χ4n) is 4.95. The van der Waals surface area contributed by atoms with Gasteiger partial charge in [0.15, 0.2) is 0 Å². The van der Waals surface area contributed by atoms with E-state index in [1.165, 1.54) is 0 Å². The van der Waals surface area contributed by atoms with Gasteiger partial charge in [-0.1, -0.05) is 78.8 Å². The Morgan fingerprint density at radius 3 is 2.16 bits per heavy atom. The zero-order valence-electron chi connectivity index (χ0n) is 24.8. The van der Waals surface area contributed by atoms with Crippen LogP contribution < -0.4 is 9.47 Å². The molecule has 1 aliphatic rings. The highest BCUT2D eigenvalue weighted by molar-refractivity contribution is 6.37. The van der Waals surface area contributed by atoms with E-state index in [9.17, 15) is 4.79 Å². The van der Waals surface area contributed by atoms with Crippen LogP contribution in [-0.2, 0) is 26.8 Å². The van der Waals surface area contributed by atoms with Gasteiger partial charge in [-0.25, -0.2) is 4.79 Å². The fraction of sp³-hybridized carbons (Fsp3) is 0.562. The molecule has 1 saturated heterocycles. The van der Waals surface area contributed by atoms with Crippen LogP contribution in [0.2, 0.25) is 0 Å². The molecule has 1 fully saturated rings. The van der Waals surface area contributed by atoms with Crippen molar-refractivity contribution in [3.05, 3.63) is 59.2 Å². The molecule has 6 nitrogen and oxygen atoms in total. The first-order chi connectivity index (χ1) is 17.8. The summed E-state index contributed by atoms with van der Waals surface area (Å²) in [6, 6.07) is 14.3. The van der Waals surface area contributed by atoms with Crippen LogP contribution in [0.5, 0.6) is 11.5 Å². The average molecular weight is 523 g/mol. The van der Waals surface area contributed by atoms with Gasteiger partial charge in [-0.15, -0.1) is 0 Å². The highest BCUT2D eigenvalue weighted by Gasteiger charge is 2.33. The maximum atomic E-state index is 14.1. The van der Waals surface area contributed by atoms with Crippen LogP contribution in [0.3, 0.4) is 0 Å². The van der Waals surface area contributed by atoms with Crippen LogP contribution in [0.1, 0.15) is 78.0 Å². The average Bonchev–Trinajstić information content (AvgIpc) is 3.28. The van der Waals surface area contributed by atoms with Crippen molar-refractivity contribution in [2.75, 3.05) is 27.4 Å². The Hall–Kier alpha value is -2.86. The number of carbonyl (C=O) groups is 1. The van der Waals surface area contributed by atoms with Crippen molar-refractivity contribution in [2.24, 2.45) is 11.0 Å². The molecule has 0 N–H and O–H groups in total. The summed E-state index contributed by atoms with van der Waals surface area (Å²) in [6.07, 6.45) is 2.71. The molecule has 6 heteroatoms. The number of nitrogens with zero attached hydrogens (tertiary/aromatic N) is 2. The van der Waals surface area contributed by atoms with E-state index in [1.54, 1.807) is 14.2 Å². The van der Waals surface area contributed by atoms with Crippen LogP contribution in [0.15, 0.2) is 47.6 Å². The summed E-state index contributed by atoms with van der Waals surface area (Å²) in [7, 11) is 3.38. The summed E-state index contributed by atoms with van der Waals surface area (Å²) in [4.78, 5) is 14.1. The van der Waals surface area contributed by atoms with E-state index in [2.05, 4.69) is 60.6 Å². The van der Waals surface area contributed by atoms with Gasteiger partial charge in [0.2, 0.25) is 0 Å². The molecule has 0 radical (unpaired) electrons. The van der Waals surface area contributed by atoms with Gasteiger partial charge in [0, 0.05) is 30.7 Å². The van der Waals surface area contributed by atoms with Crippen LogP contribution in [0, 0.1) is 5.92 Å². The number of rotatable bonds is 9. The lowest BCUT2D eigenvalue weighted by atomic mass is 9.79. The normalized spacial score (nSPS) is 17.4. The predicted molar refractivity (Wildman–Crippen MR) is 154 cm³/mol. The summed E-state index contributed by atoms with van der Waals surface area (Å²) in [6.45, 7) is 16.2. The third-order valence-corrected chi connectivity index (χ3v) is 7.11. The van der Waals surface area contributed by atoms with Gasteiger partial charge in [0.05, 0.1) is 19.8 Å². The molecule has 1 aliphatic heterocycles. The summed E-state index contributed by atoms with van der Waals surface area (Å²) < 4.78 is 17.5. The Balaban J connectivity index is 2.08. The van der Waals surface area contributed by atoms with Crippen molar-refractivity contribution in [3.8, 4) is 11.5 Å². The van der Waals surface area contributed by atoms with Crippen molar-refractivity contribution < 1.29 is 19.0 Å². The van der Waals surface area contributed by atoms with Gasteiger partial charge in [-0.2, -0.15) is 5.10 Å². The molecule has 1 heterocycles. The zero-order valence-corrected chi connectivity index (χ0v) is 24.8. The first-order valence-electron chi connectivity index (χ1n) is 13.7. The van der Waals surface area contributed by atoms with Crippen molar-refractivity contribution in [3.63, 3.8) is 0 Å². The van der Waals surface area contributed by atoms with Crippen LogP contribution in [0.4, 0.5) is 0 Å². The predicted octanol–water partition coefficient (Wildman–Crippen LogP) is 6.54. The van der Waals surface area contributed by atoms with Crippen molar-refractivity contribution in [2.45, 2.75) is 84.6 Å². The molecule has 2 aromatic carbocycles. The third-order valence-electron chi connectivity index (χ3n) is 7.11. The van der Waals surface area contributed by atoms with Gasteiger partial charge in [0.1, 0.15) is 17.2 Å². The molecular weight excluding hydrogens is 476 g/mol. The minimum atomic E-state index is -0.405. The van der Waals surface area contributed by atoms with Crippen molar-refractivity contribution in [1.29, 1.82) is 0 Å². The Morgan fingerprint density at radius 1 is 1.03 bits per heavy atom. The second-order valence-corrected chi connectivity index (χ2v) is 12.4. The zero-order chi connectivity index (χ0) is 28.1. The topological polar surface area (TPSA) is 60.4 Å². The van der Waals surface area contributed by atoms with E-state index < -0.39 is 5.97 Å². The van der Waals surface area contributed by atoms with E-state index >= 15 is 0 Å². The molecule has 38 heavy (non-hydrogen) atoms. The first-order valence-corrected chi connectivity index (χ1v) is 13.7. The Labute approximate surface area is 229 Å². The summed E-state index contributed by atoms with van der Waals surface area (Å²) in [5.74, 6) is 0.816. The lowest BCUT2D eigenvalue weighted by Gasteiger charge is -2.30. The second kappa shape index (κ2) is 12.3. The van der Waals surface area contributed by atoms with Crippen LogP contribution >= 0.6 is 0 Å². The molecule has 2 atom stereocenters. The third kappa shape index (κ3) is 7.37. The van der Waals surface area contributed by atoms with E-state index in [4.69, 9.17) is 19.3 Å². The van der Waals surface area contributed by atoms with Gasteiger partial charge in [0.25, 0.3) is 0 Å². The molecule has 0 aliphatic carbocycles. The second-order valence-electron chi connectivity index (χ2n) is 12.4. The largest absolute Gasteiger partial charge is 0.497 e. The summed E-state index contributed by atoms with van der Waals surface area (Å²) in [5, 5.41) is 6.97. The maximum absolute atomic E-state index is 14.1. The standard InChI is InChI=1S/C32H46N2O4/c1-22(18-23-14-11-10-12-15-23)28(33-34-17-13-16-24(34)21-36-8)30(35)38-29-26(31(2,3)4)19-25(37-9)20-27(29)32(5,6)7/h10-12,14-15,19-20,22,24H,13,16-18,21H2,1-9H3/b33-28+/t22-,24-/m0/s1. The van der Waals surface area contributed by atoms with E-state index in [0.29, 0.717) is 24.5 Å². The highest BCUT2D eigenvalue weighted by Crippen LogP contribution is 2.42. The van der Waals surface area contributed by atoms with Gasteiger partial charge in [-0.3, -0.25) is 5.01 Å². The smallest absolute Gasteiger partial charge is 0.360 e. The Morgan fingerprint density at radius 2 is 1.63 bits per heavy atom. The number of hydrazone groups is 1. The number of hydrogen-bond donors (Lipinski definition) is 0. The fourth-order valence-corrected chi connectivity index (χ4v) is 4.95. The summed E-state index contributed by atoms with van der Waals surface area (Å²) >= 11 is 0. The van der Waals surface area contributed by atoms with Gasteiger partial charge < -0.3 is 14.2 Å². The van der Waals surface area contributed by atoms with Crippen LogP contribution in [0.25, 0.3) is 0 Å². The first kappa shape index (κ1) is 29.7. The maximum Gasteiger partial charge on any atom is 0.360 e. The van der Waals surface area contributed by atoms with Gasteiger partial charge in [-0.05, 0) is 47.8 Å². The molecule has 3 rings (SSSR count). The highest BCUT2D eigenvalue weighted by atomic mass is 16.5. The Kier molecular flexibility index (Phi) is 9.64. The molecule has 0 saturated carbocycles. The molecule has 0 bridgehead atoms. The molecule has 2 aromatic rings. The molecule has 0 amide bonds. The number of ether oxygens (including phenoxy) is 3. The lowest BCUT2D eigenvalue weighted by molar-refractivity contribution is -0.127. The van der Waals surface area contributed by atoms with Crippen molar-refractivity contribution in [1.82, 2.24) is 5.01 Å². The number of benzene rings is 2. The number of methoxy groups -OCH3 is 2. The summed E-state index contributed by atoms with van der Waals surface area (Å²) in [5.41, 5.74) is 2.93. The van der Waals surface area contributed by atoms with Crippen molar-refractivity contribution >= 4 is 11.7 Å². The van der Waals surface area contributed by atoms with E-state index in [1.807, 2.05) is 35.3 Å². The minimum absolute atomic E-state index is 0.136. The molecule has 0 spiro atoms. The SMILES string of the molecule is COC[C@@H]1CCCN1/N=C(/C(=O)Oc1c(C(C)(C)C)cc(OC)cc1C(C)(C)C)[C@@H](C)Cc1ccccc1. The lowest BCUT2D eigenvalue weighted by Crippen LogP contribution is -2.35. The monoisotopic (exact) mass is 522 g/mol. The van der Waals surface area contributed by atoms with Gasteiger partial charge >= 0.3 is 5.97 Å². The Bertz CT molecular complexity index is 1080. The molecule has 0 unspecified atom stereocenters. The molecular formula is C32H46N2O4. The molecule has 208 valence electrons. The van der Waals surface area contributed by atoms with Crippen LogP contribution in [-0.4, -0.2) is 50.1 Å². The quantitative estimate of drug-likeness (QED) is 0.213. The number of carbonyl (C=O) groups excluding carboxylic acids is 1. The molecule has 0 aromatic heterocycles. The number of hydrogen-bond acceptors (Lipinski definition) is 6. The number of esters is 1.